The van der Waals surface area contributed by atoms with Crippen LogP contribution in [0.15, 0.2) is 95.6 Å². The quantitative estimate of drug-likeness (QED) is 0.567. The van der Waals surface area contributed by atoms with E-state index >= 15 is 0 Å². The molecule has 0 unspecified atom stereocenters. The lowest BCUT2D eigenvalue weighted by atomic mass is 10.0. The number of allylic oxidation sites excluding steroid dienone is 2. The Morgan fingerprint density at radius 2 is 1.63 bits per heavy atom. The number of carbonyl (C=O) groups is 1. The lowest BCUT2D eigenvalue weighted by molar-refractivity contribution is 0.0993. The highest BCUT2D eigenvalue weighted by molar-refractivity contribution is 6.31. The molecule has 0 aliphatic carbocycles. The minimum Gasteiger partial charge on any atom is -0.357 e. The van der Waals surface area contributed by atoms with Gasteiger partial charge < -0.3 is 5.32 Å². The number of hydrogen-bond donors (Lipinski definition) is 1. The fraction of sp³-hybridized carbons (Fsp3) is 0.0435. The first-order valence-electron chi connectivity index (χ1n) is 8.68. The molecular formula is C23H17ClN2O. The molecule has 0 amide bonds. The van der Waals surface area contributed by atoms with E-state index in [0.29, 0.717) is 10.6 Å². The summed E-state index contributed by atoms with van der Waals surface area (Å²) in [7, 11) is 0. The summed E-state index contributed by atoms with van der Waals surface area (Å²) in [5.41, 5.74) is 4.85. The molecule has 0 fully saturated rings. The van der Waals surface area contributed by atoms with E-state index in [-0.39, 0.29) is 12.2 Å². The topological polar surface area (TPSA) is 41.5 Å². The van der Waals surface area contributed by atoms with Gasteiger partial charge in [0.25, 0.3) is 0 Å². The summed E-state index contributed by atoms with van der Waals surface area (Å²) in [5.74, 6) is 0.0548. The van der Waals surface area contributed by atoms with Gasteiger partial charge in [-0.25, -0.2) is 4.99 Å². The molecule has 1 aliphatic heterocycles. The van der Waals surface area contributed by atoms with Crippen molar-refractivity contribution in [2.75, 3.05) is 5.32 Å². The summed E-state index contributed by atoms with van der Waals surface area (Å²) >= 11 is 6.16. The molecule has 3 nitrogen and oxygen atoms in total. The van der Waals surface area contributed by atoms with E-state index in [9.17, 15) is 4.79 Å². The Labute approximate surface area is 163 Å². The largest absolute Gasteiger partial charge is 0.357 e. The Morgan fingerprint density at radius 3 is 2.37 bits per heavy atom. The van der Waals surface area contributed by atoms with Crippen molar-refractivity contribution in [2.45, 2.75) is 6.42 Å². The number of rotatable bonds is 4. The maximum absolute atomic E-state index is 12.7. The zero-order valence-corrected chi connectivity index (χ0v) is 15.3. The smallest absolute Gasteiger partial charge is 0.168 e. The molecule has 4 heteroatoms. The predicted molar refractivity (Wildman–Crippen MR) is 111 cm³/mol. The number of halogens is 1. The van der Waals surface area contributed by atoms with Gasteiger partial charge in [0.05, 0.1) is 23.5 Å². The number of hydrogen-bond acceptors (Lipinski definition) is 3. The first-order valence-corrected chi connectivity index (χ1v) is 9.06. The van der Waals surface area contributed by atoms with Crippen LogP contribution in [0, 0.1) is 0 Å². The van der Waals surface area contributed by atoms with Crippen LogP contribution in [-0.2, 0) is 0 Å². The standard InChI is InChI=1S/C23H17ClN2O/c24-18-11-12-20-22(13-18)26-21(16-7-3-1-4-8-16)14-19(25-20)15-23(27)17-9-5-2-6-10-17/h1-14,25H,15H2. The second kappa shape index (κ2) is 7.60. The minimum absolute atomic E-state index is 0.0548. The van der Waals surface area contributed by atoms with Crippen LogP contribution in [0.1, 0.15) is 22.3 Å². The van der Waals surface area contributed by atoms with Crippen molar-refractivity contribution in [3.05, 3.63) is 107 Å². The van der Waals surface area contributed by atoms with E-state index in [1.807, 2.05) is 84.9 Å². The van der Waals surface area contributed by atoms with Crippen molar-refractivity contribution >= 4 is 34.5 Å². The molecule has 3 aromatic rings. The second-order valence-corrected chi connectivity index (χ2v) is 6.72. The molecule has 3 aromatic carbocycles. The molecule has 1 N–H and O–H groups in total. The van der Waals surface area contributed by atoms with Gasteiger partial charge in [-0.05, 0) is 24.3 Å². The van der Waals surface area contributed by atoms with Gasteiger partial charge in [0.15, 0.2) is 5.78 Å². The van der Waals surface area contributed by atoms with E-state index in [0.717, 1.165) is 28.3 Å². The molecule has 0 radical (unpaired) electrons. The van der Waals surface area contributed by atoms with Crippen LogP contribution in [0.2, 0.25) is 5.02 Å². The highest BCUT2D eigenvalue weighted by Gasteiger charge is 2.16. The number of aliphatic imine (C=N–C) groups is 1. The molecule has 1 heterocycles. The maximum atomic E-state index is 12.7. The first-order chi connectivity index (χ1) is 13.2. The van der Waals surface area contributed by atoms with E-state index in [1.54, 1.807) is 0 Å². The summed E-state index contributed by atoms with van der Waals surface area (Å²) < 4.78 is 0. The van der Waals surface area contributed by atoms with Crippen LogP contribution in [0.3, 0.4) is 0 Å². The van der Waals surface area contributed by atoms with Gasteiger partial charge in [-0.15, -0.1) is 0 Å². The number of anilines is 1. The molecule has 0 saturated heterocycles. The van der Waals surface area contributed by atoms with Crippen LogP contribution < -0.4 is 5.32 Å². The highest BCUT2D eigenvalue weighted by atomic mass is 35.5. The molecule has 132 valence electrons. The van der Waals surface area contributed by atoms with Gasteiger partial charge in [0.1, 0.15) is 0 Å². The Hall–Kier alpha value is -3.17. The normalized spacial score (nSPS) is 12.9. The maximum Gasteiger partial charge on any atom is 0.168 e. The molecule has 0 saturated carbocycles. The number of ketones is 1. The Kier molecular flexibility index (Phi) is 4.86. The van der Waals surface area contributed by atoms with Crippen LogP contribution in [0.25, 0.3) is 0 Å². The molecular weight excluding hydrogens is 356 g/mol. The molecule has 0 spiro atoms. The molecule has 1 aliphatic rings. The van der Waals surface area contributed by atoms with Gasteiger partial charge in [-0.1, -0.05) is 72.3 Å². The lowest BCUT2D eigenvalue weighted by Crippen LogP contribution is -2.08. The first kappa shape index (κ1) is 17.3. The fourth-order valence-electron chi connectivity index (χ4n) is 2.99. The Bertz CT molecular complexity index is 1040. The molecule has 0 atom stereocenters. The van der Waals surface area contributed by atoms with Crippen molar-refractivity contribution < 1.29 is 4.79 Å². The van der Waals surface area contributed by atoms with Gasteiger partial charge in [0.2, 0.25) is 0 Å². The lowest BCUT2D eigenvalue weighted by Gasteiger charge is -2.11. The average Bonchev–Trinajstić information content (AvgIpc) is 2.88. The number of fused-ring (bicyclic) bond motifs is 1. The summed E-state index contributed by atoms with van der Waals surface area (Å²) in [4.78, 5) is 17.5. The van der Waals surface area contributed by atoms with Gasteiger partial charge in [0, 0.05) is 21.8 Å². The average molecular weight is 373 g/mol. The zero-order valence-electron chi connectivity index (χ0n) is 14.5. The summed E-state index contributed by atoms with van der Waals surface area (Å²) in [6, 6.07) is 24.7. The van der Waals surface area contributed by atoms with Gasteiger partial charge in [-0.3, -0.25) is 4.79 Å². The van der Waals surface area contributed by atoms with Crippen LogP contribution in [0.5, 0.6) is 0 Å². The van der Waals surface area contributed by atoms with E-state index in [2.05, 4.69) is 5.32 Å². The number of nitrogens with zero attached hydrogens (tertiary/aromatic N) is 1. The Morgan fingerprint density at radius 1 is 0.926 bits per heavy atom. The highest BCUT2D eigenvalue weighted by Crippen LogP contribution is 2.33. The number of carbonyl (C=O) groups excluding carboxylic acids is 1. The van der Waals surface area contributed by atoms with Crippen molar-refractivity contribution in [2.24, 2.45) is 4.99 Å². The zero-order chi connectivity index (χ0) is 18.6. The number of nitrogens with one attached hydrogen (secondary N) is 1. The number of benzene rings is 3. The van der Waals surface area contributed by atoms with Crippen LogP contribution in [-0.4, -0.2) is 11.5 Å². The van der Waals surface area contributed by atoms with Crippen molar-refractivity contribution in [3.8, 4) is 0 Å². The molecule has 0 bridgehead atoms. The summed E-state index contributed by atoms with van der Waals surface area (Å²) in [6.07, 6.45) is 2.20. The molecule has 4 rings (SSSR count). The van der Waals surface area contributed by atoms with Crippen molar-refractivity contribution in [1.82, 2.24) is 0 Å². The van der Waals surface area contributed by atoms with E-state index in [1.165, 1.54) is 0 Å². The van der Waals surface area contributed by atoms with Gasteiger partial charge >= 0.3 is 0 Å². The minimum atomic E-state index is 0.0548. The third-order valence-corrected chi connectivity index (χ3v) is 4.56. The third-order valence-electron chi connectivity index (χ3n) is 4.32. The van der Waals surface area contributed by atoms with Gasteiger partial charge in [-0.2, -0.15) is 0 Å². The van der Waals surface area contributed by atoms with E-state index < -0.39 is 0 Å². The predicted octanol–water partition coefficient (Wildman–Crippen LogP) is 6.04. The molecule has 0 aromatic heterocycles. The summed E-state index contributed by atoms with van der Waals surface area (Å²) in [6.45, 7) is 0. The molecule has 27 heavy (non-hydrogen) atoms. The SMILES string of the molecule is O=C(CC1=CC(c2ccccc2)=Nc2cc(Cl)ccc2N1)c1ccccc1. The van der Waals surface area contributed by atoms with Crippen LogP contribution in [0.4, 0.5) is 11.4 Å². The Balaban J connectivity index is 1.73. The number of Topliss-reactive ketones (excluding diaryl/α,β-unsaturated/α-hetero) is 1. The van der Waals surface area contributed by atoms with E-state index in [4.69, 9.17) is 16.6 Å². The fourth-order valence-corrected chi connectivity index (χ4v) is 3.16. The van der Waals surface area contributed by atoms with Crippen LogP contribution >= 0.6 is 11.6 Å². The third kappa shape index (κ3) is 3.99. The van der Waals surface area contributed by atoms with Crippen molar-refractivity contribution in [3.63, 3.8) is 0 Å². The monoisotopic (exact) mass is 372 g/mol. The summed E-state index contributed by atoms with van der Waals surface area (Å²) in [5, 5.41) is 3.97. The van der Waals surface area contributed by atoms with Crippen molar-refractivity contribution in [1.29, 1.82) is 0 Å². The second-order valence-electron chi connectivity index (χ2n) is 6.29.